The van der Waals surface area contributed by atoms with E-state index in [0.717, 1.165) is 0 Å². The van der Waals surface area contributed by atoms with Crippen molar-refractivity contribution in [2.24, 2.45) is 0 Å². The molecule has 0 spiro atoms. The lowest BCUT2D eigenvalue weighted by Gasteiger charge is -2.27. The quantitative estimate of drug-likeness (QED) is 0.758. The minimum atomic E-state index is -0.573. The molecule has 1 aliphatic heterocycles. The number of nitrogen functional groups attached to an aromatic ring is 2. The van der Waals surface area contributed by atoms with Gasteiger partial charge in [-0.25, -0.2) is 4.98 Å². The lowest BCUT2D eigenvalue weighted by atomic mass is 10.1. The maximum atomic E-state index is 10.5. The number of rotatable bonds is 4. The van der Waals surface area contributed by atoms with Crippen molar-refractivity contribution in [2.75, 3.05) is 37.1 Å². The van der Waals surface area contributed by atoms with Gasteiger partial charge in [0.05, 0.1) is 43.4 Å². The predicted molar refractivity (Wildman–Crippen MR) is 91.1 cm³/mol. The molecule has 1 aliphatic rings. The molecule has 3 heterocycles. The molecule has 1 saturated heterocycles. The molecular weight excluding hydrogens is 310 g/mol. The molecule has 0 saturated carbocycles. The third-order valence-electron chi connectivity index (χ3n) is 4.14. The Bertz CT molecular complexity index is 740. The van der Waals surface area contributed by atoms with E-state index in [0.29, 0.717) is 47.6 Å². The van der Waals surface area contributed by atoms with Crippen LogP contribution in [0, 0.1) is 0 Å². The van der Waals surface area contributed by atoms with Gasteiger partial charge in [-0.1, -0.05) is 0 Å². The van der Waals surface area contributed by atoms with Gasteiger partial charge in [-0.2, -0.15) is 4.98 Å². The van der Waals surface area contributed by atoms with E-state index in [1.165, 1.54) is 14.2 Å². The highest BCUT2D eigenvalue weighted by molar-refractivity contribution is 5.56. The number of nitrogens with zero attached hydrogens (tertiary/aromatic N) is 3. The van der Waals surface area contributed by atoms with E-state index in [-0.39, 0.29) is 6.04 Å². The number of hydrogen-bond donors (Lipinski definition) is 3. The summed E-state index contributed by atoms with van der Waals surface area (Å²) < 4.78 is 10.4. The first-order valence-electron chi connectivity index (χ1n) is 7.60. The Morgan fingerprint density at radius 3 is 2.33 bits per heavy atom. The second kappa shape index (κ2) is 6.40. The molecule has 0 aliphatic carbocycles. The molecule has 0 amide bonds. The molecule has 1 fully saturated rings. The predicted octanol–water partition coefficient (Wildman–Crippen LogP) is 0.970. The molecule has 2 aromatic heterocycles. The molecule has 5 N–H and O–H groups in total. The van der Waals surface area contributed by atoms with Crippen LogP contribution in [-0.2, 0) is 0 Å². The Hall–Kier alpha value is -2.74. The van der Waals surface area contributed by atoms with Crippen LogP contribution >= 0.6 is 0 Å². The molecule has 24 heavy (non-hydrogen) atoms. The zero-order chi connectivity index (χ0) is 17.3. The van der Waals surface area contributed by atoms with E-state index >= 15 is 0 Å². The van der Waals surface area contributed by atoms with E-state index in [9.17, 15) is 5.11 Å². The zero-order valence-electron chi connectivity index (χ0n) is 13.6. The smallest absolute Gasteiger partial charge is 0.238 e. The van der Waals surface area contributed by atoms with Gasteiger partial charge in [-0.3, -0.25) is 0 Å². The van der Waals surface area contributed by atoms with Crippen molar-refractivity contribution in [2.45, 2.75) is 18.6 Å². The number of aliphatic hydroxyl groups excluding tert-OH is 1. The van der Waals surface area contributed by atoms with Crippen molar-refractivity contribution in [3.8, 4) is 11.8 Å². The van der Waals surface area contributed by atoms with Gasteiger partial charge in [0.2, 0.25) is 11.8 Å². The number of nitrogens with two attached hydrogens (primary N) is 2. The first-order chi connectivity index (χ1) is 11.5. The Balaban J connectivity index is 1.99. The highest BCUT2D eigenvalue weighted by atomic mass is 16.5. The van der Waals surface area contributed by atoms with Crippen LogP contribution < -0.4 is 25.8 Å². The summed E-state index contributed by atoms with van der Waals surface area (Å²) in [6, 6.07) is 6.71. The van der Waals surface area contributed by atoms with Gasteiger partial charge < -0.3 is 30.9 Å². The van der Waals surface area contributed by atoms with Crippen LogP contribution in [0.25, 0.3) is 0 Å². The maximum Gasteiger partial charge on any atom is 0.238 e. The van der Waals surface area contributed by atoms with Crippen LogP contribution in [0.2, 0.25) is 0 Å². The molecule has 128 valence electrons. The molecule has 8 heteroatoms. The molecule has 0 aromatic carbocycles. The number of pyridine rings is 2. The summed E-state index contributed by atoms with van der Waals surface area (Å²) in [5.41, 5.74) is 13.2. The van der Waals surface area contributed by atoms with Crippen LogP contribution in [0.15, 0.2) is 24.3 Å². The van der Waals surface area contributed by atoms with Gasteiger partial charge in [0.1, 0.15) is 5.82 Å². The van der Waals surface area contributed by atoms with Crippen molar-refractivity contribution in [3.63, 3.8) is 0 Å². The third-order valence-corrected chi connectivity index (χ3v) is 4.14. The standard InChI is InChI=1S/C16H21N5O3/c1-23-15-9(17)3-5-11(19-15)14-12(22)7-8-21(14)13-6-4-10(18)16(20-13)24-2/h3-6,12,14,22H,7-8,17-18H2,1-2H3. The van der Waals surface area contributed by atoms with E-state index in [4.69, 9.17) is 20.9 Å². The second-order valence-corrected chi connectivity index (χ2v) is 5.60. The SMILES string of the molecule is COc1nc(C2C(O)CCN2c2ccc(N)c(OC)n2)ccc1N. The molecular formula is C16H21N5O3. The highest BCUT2D eigenvalue weighted by Crippen LogP contribution is 2.37. The molecule has 2 aromatic rings. The first-order valence-corrected chi connectivity index (χ1v) is 7.60. The Morgan fingerprint density at radius 1 is 1.04 bits per heavy atom. The average molecular weight is 331 g/mol. The van der Waals surface area contributed by atoms with Crippen LogP contribution in [0.3, 0.4) is 0 Å². The molecule has 2 atom stereocenters. The fourth-order valence-electron chi connectivity index (χ4n) is 2.95. The topological polar surface area (TPSA) is 120 Å². The van der Waals surface area contributed by atoms with Crippen LogP contribution in [0.1, 0.15) is 18.2 Å². The number of hydrogen-bond acceptors (Lipinski definition) is 8. The zero-order valence-corrected chi connectivity index (χ0v) is 13.6. The van der Waals surface area contributed by atoms with Crippen LogP contribution in [0.5, 0.6) is 11.8 Å². The van der Waals surface area contributed by atoms with Crippen molar-refractivity contribution >= 4 is 17.2 Å². The lowest BCUT2D eigenvalue weighted by molar-refractivity contribution is 0.163. The van der Waals surface area contributed by atoms with E-state index in [2.05, 4.69) is 9.97 Å². The highest BCUT2D eigenvalue weighted by Gasteiger charge is 2.36. The van der Waals surface area contributed by atoms with E-state index in [1.54, 1.807) is 24.3 Å². The second-order valence-electron chi connectivity index (χ2n) is 5.60. The summed E-state index contributed by atoms with van der Waals surface area (Å²) in [7, 11) is 3.03. The van der Waals surface area contributed by atoms with Crippen LogP contribution in [-0.4, -0.2) is 41.9 Å². The first kappa shape index (κ1) is 16.1. The number of aliphatic hydroxyl groups is 1. The van der Waals surface area contributed by atoms with Gasteiger partial charge >= 0.3 is 0 Å². The molecule has 3 rings (SSSR count). The summed E-state index contributed by atoms with van der Waals surface area (Å²) in [6.07, 6.45) is 0.0316. The van der Waals surface area contributed by atoms with Gasteiger partial charge in [-0.15, -0.1) is 0 Å². The third kappa shape index (κ3) is 2.76. The molecule has 0 bridgehead atoms. The fourth-order valence-corrected chi connectivity index (χ4v) is 2.95. The van der Waals surface area contributed by atoms with Gasteiger partial charge in [0.15, 0.2) is 0 Å². The minimum Gasteiger partial charge on any atom is -0.480 e. The average Bonchev–Trinajstić information content (AvgIpc) is 2.97. The number of ether oxygens (including phenoxy) is 2. The molecule has 8 nitrogen and oxygen atoms in total. The number of aromatic nitrogens is 2. The molecule has 2 unspecified atom stereocenters. The fraction of sp³-hybridized carbons (Fsp3) is 0.375. The monoisotopic (exact) mass is 331 g/mol. The van der Waals surface area contributed by atoms with Gasteiger partial charge in [0, 0.05) is 6.54 Å². The van der Waals surface area contributed by atoms with E-state index in [1.807, 2.05) is 4.90 Å². The van der Waals surface area contributed by atoms with Gasteiger partial charge in [-0.05, 0) is 30.7 Å². The Morgan fingerprint density at radius 2 is 1.67 bits per heavy atom. The van der Waals surface area contributed by atoms with Crippen molar-refractivity contribution in [3.05, 3.63) is 30.0 Å². The summed E-state index contributed by atoms with van der Waals surface area (Å²) in [4.78, 5) is 10.8. The number of methoxy groups -OCH3 is 2. The normalized spacial score (nSPS) is 20.2. The minimum absolute atomic E-state index is 0.342. The summed E-state index contributed by atoms with van der Waals surface area (Å²) in [6.45, 7) is 0.639. The largest absolute Gasteiger partial charge is 0.480 e. The Kier molecular flexibility index (Phi) is 4.30. The van der Waals surface area contributed by atoms with Crippen molar-refractivity contribution in [1.29, 1.82) is 0 Å². The Labute approximate surface area is 140 Å². The summed E-state index contributed by atoms with van der Waals surface area (Å²) >= 11 is 0. The van der Waals surface area contributed by atoms with Crippen molar-refractivity contribution < 1.29 is 14.6 Å². The summed E-state index contributed by atoms with van der Waals surface area (Å²) in [5.74, 6) is 1.37. The number of anilines is 3. The lowest BCUT2D eigenvalue weighted by Crippen LogP contribution is -2.29. The van der Waals surface area contributed by atoms with Gasteiger partial charge in [0.25, 0.3) is 0 Å². The summed E-state index contributed by atoms with van der Waals surface area (Å²) in [5, 5.41) is 10.5. The maximum absolute atomic E-state index is 10.5. The van der Waals surface area contributed by atoms with E-state index < -0.39 is 6.10 Å². The van der Waals surface area contributed by atoms with Crippen LogP contribution in [0.4, 0.5) is 17.2 Å². The van der Waals surface area contributed by atoms with Crippen molar-refractivity contribution in [1.82, 2.24) is 9.97 Å². The molecule has 0 radical (unpaired) electrons.